The number of benzene rings is 2. The number of halogens is 1. The van der Waals surface area contributed by atoms with E-state index in [9.17, 15) is 18.8 Å². The number of hydrogen-bond donors (Lipinski definition) is 1. The minimum Gasteiger partial charge on any atom is -0.455 e. The van der Waals surface area contributed by atoms with Crippen molar-refractivity contribution in [2.24, 2.45) is 5.92 Å². The van der Waals surface area contributed by atoms with E-state index in [4.69, 9.17) is 4.74 Å². The first-order valence-electron chi connectivity index (χ1n) is 10.0. The lowest BCUT2D eigenvalue weighted by atomic mass is 9.96. The van der Waals surface area contributed by atoms with Crippen LogP contribution in [-0.4, -0.2) is 30.9 Å². The van der Waals surface area contributed by atoms with Crippen LogP contribution >= 0.6 is 0 Å². The molecule has 1 heterocycles. The Morgan fingerprint density at radius 1 is 1.20 bits per heavy atom. The van der Waals surface area contributed by atoms with Crippen LogP contribution in [0.1, 0.15) is 38.2 Å². The average Bonchev–Trinajstić information content (AvgIpc) is 3.14. The van der Waals surface area contributed by atoms with Crippen LogP contribution in [0.3, 0.4) is 0 Å². The fourth-order valence-corrected chi connectivity index (χ4v) is 3.47. The zero-order valence-electron chi connectivity index (χ0n) is 17.1. The molecule has 2 atom stereocenters. The van der Waals surface area contributed by atoms with E-state index in [1.807, 2.05) is 24.3 Å². The fraction of sp³-hybridized carbons (Fsp3) is 0.348. The quantitative estimate of drug-likeness (QED) is 0.701. The van der Waals surface area contributed by atoms with Crippen molar-refractivity contribution in [3.63, 3.8) is 0 Å². The van der Waals surface area contributed by atoms with Crippen molar-refractivity contribution in [2.45, 2.75) is 32.6 Å². The predicted octanol–water partition coefficient (Wildman–Crippen LogP) is 3.87. The number of amides is 2. The molecule has 0 spiro atoms. The summed E-state index contributed by atoms with van der Waals surface area (Å²) in [6.07, 6.45) is 0.963. The van der Waals surface area contributed by atoms with Gasteiger partial charge in [-0.1, -0.05) is 44.2 Å². The van der Waals surface area contributed by atoms with Crippen LogP contribution in [0.25, 0.3) is 0 Å². The molecule has 0 bridgehead atoms. The Bertz CT molecular complexity index is 946. The number of para-hydroxylation sites is 2. The van der Waals surface area contributed by atoms with E-state index < -0.39 is 30.2 Å². The smallest absolute Gasteiger partial charge is 0.311 e. The third-order valence-electron chi connectivity index (χ3n) is 5.32. The van der Waals surface area contributed by atoms with Crippen molar-refractivity contribution in [3.05, 3.63) is 59.9 Å². The van der Waals surface area contributed by atoms with Gasteiger partial charge in [0.25, 0.3) is 5.91 Å². The second-order valence-electron chi connectivity index (χ2n) is 7.41. The second-order valence-corrected chi connectivity index (χ2v) is 7.41. The molecule has 0 unspecified atom stereocenters. The Kier molecular flexibility index (Phi) is 6.82. The lowest BCUT2D eigenvalue weighted by Gasteiger charge is -2.23. The Morgan fingerprint density at radius 2 is 1.90 bits per heavy atom. The van der Waals surface area contributed by atoms with E-state index in [2.05, 4.69) is 19.2 Å². The number of carbonyl (C=O) groups excluding carboxylic acids is 3. The summed E-state index contributed by atoms with van der Waals surface area (Å²) in [7, 11) is 0. The summed E-state index contributed by atoms with van der Waals surface area (Å²) in [6, 6.07) is 13.4. The topological polar surface area (TPSA) is 75.7 Å². The van der Waals surface area contributed by atoms with Gasteiger partial charge in [-0.15, -0.1) is 0 Å². The molecule has 0 aliphatic carbocycles. The van der Waals surface area contributed by atoms with Crippen LogP contribution < -0.4 is 10.2 Å². The molecule has 0 radical (unpaired) electrons. The molecule has 2 aromatic rings. The molecule has 0 saturated carbocycles. The summed E-state index contributed by atoms with van der Waals surface area (Å²) in [6.45, 7) is 3.85. The molecular formula is C23H25FN2O4. The highest BCUT2D eigenvalue weighted by Gasteiger charge is 2.37. The lowest BCUT2D eigenvalue weighted by Crippen LogP contribution is -2.29. The molecule has 0 aromatic heterocycles. The largest absolute Gasteiger partial charge is 0.455 e. The van der Waals surface area contributed by atoms with Gasteiger partial charge in [-0.2, -0.15) is 0 Å². The molecule has 1 saturated heterocycles. The van der Waals surface area contributed by atoms with Crippen molar-refractivity contribution in [3.8, 4) is 0 Å². The second kappa shape index (κ2) is 9.52. The van der Waals surface area contributed by atoms with Gasteiger partial charge >= 0.3 is 5.97 Å². The molecule has 1 aliphatic heterocycles. The van der Waals surface area contributed by atoms with Crippen LogP contribution in [0.15, 0.2) is 48.5 Å². The summed E-state index contributed by atoms with van der Waals surface area (Å²) in [5.74, 6) is -2.35. The van der Waals surface area contributed by atoms with Crippen LogP contribution in [-0.2, 0) is 19.1 Å². The van der Waals surface area contributed by atoms with E-state index in [0.717, 1.165) is 17.7 Å². The molecule has 1 aliphatic rings. The molecule has 3 rings (SSSR count). The number of nitrogens with zero attached hydrogens (tertiary/aromatic N) is 1. The number of anilines is 2. The first-order chi connectivity index (χ1) is 14.4. The van der Waals surface area contributed by atoms with Gasteiger partial charge in [0.1, 0.15) is 5.82 Å². The minimum absolute atomic E-state index is 0.0161. The first kappa shape index (κ1) is 21.5. The number of ether oxygens (including phenoxy) is 1. The zero-order chi connectivity index (χ0) is 21.7. The Hall–Kier alpha value is -3.22. The molecule has 6 nitrogen and oxygen atoms in total. The van der Waals surface area contributed by atoms with E-state index in [0.29, 0.717) is 0 Å². The number of rotatable bonds is 7. The van der Waals surface area contributed by atoms with Crippen molar-refractivity contribution in [2.75, 3.05) is 23.4 Å². The van der Waals surface area contributed by atoms with Gasteiger partial charge in [0.2, 0.25) is 5.91 Å². The summed E-state index contributed by atoms with van der Waals surface area (Å²) in [4.78, 5) is 38.6. The van der Waals surface area contributed by atoms with Crippen molar-refractivity contribution >= 4 is 29.2 Å². The minimum atomic E-state index is -0.649. The third kappa shape index (κ3) is 4.84. The van der Waals surface area contributed by atoms with Gasteiger partial charge in [0, 0.05) is 18.7 Å². The molecule has 2 aromatic carbocycles. The molecular weight excluding hydrogens is 387 g/mol. The van der Waals surface area contributed by atoms with Gasteiger partial charge < -0.3 is 15.0 Å². The maximum absolute atomic E-state index is 13.6. The van der Waals surface area contributed by atoms with Crippen LogP contribution in [0.5, 0.6) is 0 Å². The maximum atomic E-state index is 13.6. The highest BCUT2D eigenvalue weighted by atomic mass is 19.1. The normalized spacial score (nSPS) is 17.0. The summed E-state index contributed by atoms with van der Waals surface area (Å²) in [5.41, 5.74) is 1.89. The van der Waals surface area contributed by atoms with E-state index >= 15 is 0 Å². The number of esters is 1. The van der Waals surface area contributed by atoms with E-state index in [1.54, 1.807) is 11.0 Å². The molecule has 1 fully saturated rings. The van der Waals surface area contributed by atoms with Gasteiger partial charge in [0.05, 0.1) is 11.6 Å². The molecule has 7 heteroatoms. The van der Waals surface area contributed by atoms with Crippen LogP contribution in [0.2, 0.25) is 0 Å². The number of nitrogens with one attached hydrogen (secondary N) is 1. The molecule has 2 amide bonds. The fourth-order valence-electron chi connectivity index (χ4n) is 3.47. The van der Waals surface area contributed by atoms with Gasteiger partial charge in [-0.3, -0.25) is 14.4 Å². The highest BCUT2D eigenvalue weighted by Crippen LogP contribution is 2.33. The van der Waals surface area contributed by atoms with Gasteiger partial charge in [-0.25, -0.2) is 4.39 Å². The molecule has 1 N–H and O–H groups in total. The van der Waals surface area contributed by atoms with Gasteiger partial charge in [-0.05, 0) is 36.1 Å². The SMILES string of the molecule is CC[C@H](C)c1ccccc1N1C[C@@H](C(=O)OCC(=O)Nc2ccccc2F)CC1=O. The lowest BCUT2D eigenvalue weighted by molar-refractivity contribution is -0.151. The number of hydrogen-bond acceptors (Lipinski definition) is 4. The Morgan fingerprint density at radius 3 is 2.63 bits per heavy atom. The maximum Gasteiger partial charge on any atom is 0.311 e. The summed E-state index contributed by atoms with van der Waals surface area (Å²) < 4.78 is 18.7. The van der Waals surface area contributed by atoms with E-state index in [1.165, 1.54) is 18.2 Å². The molecule has 158 valence electrons. The average molecular weight is 412 g/mol. The highest BCUT2D eigenvalue weighted by molar-refractivity contribution is 6.00. The summed E-state index contributed by atoms with van der Waals surface area (Å²) in [5, 5.41) is 2.36. The van der Waals surface area contributed by atoms with Crippen molar-refractivity contribution < 1.29 is 23.5 Å². The third-order valence-corrected chi connectivity index (χ3v) is 5.32. The standard InChI is InChI=1S/C23H25FN2O4/c1-3-15(2)17-8-4-7-11-20(17)26-13-16(12-22(26)28)23(29)30-14-21(27)25-19-10-6-5-9-18(19)24/h4-11,15-16H,3,12-14H2,1-2H3,(H,25,27)/t15-,16-/m0/s1. The first-order valence-corrected chi connectivity index (χ1v) is 10.0. The Balaban J connectivity index is 1.59. The monoisotopic (exact) mass is 412 g/mol. The summed E-state index contributed by atoms with van der Waals surface area (Å²) >= 11 is 0. The van der Waals surface area contributed by atoms with Crippen molar-refractivity contribution in [1.29, 1.82) is 0 Å². The van der Waals surface area contributed by atoms with Crippen LogP contribution in [0.4, 0.5) is 15.8 Å². The molecule has 30 heavy (non-hydrogen) atoms. The van der Waals surface area contributed by atoms with Crippen molar-refractivity contribution in [1.82, 2.24) is 0 Å². The van der Waals surface area contributed by atoms with E-state index in [-0.39, 0.29) is 30.5 Å². The zero-order valence-corrected chi connectivity index (χ0v) is 17.1. The Labute approximate surface area is 175 Å². The predicted molar refractivity (Wildman–Crippen MR) is 112 cm³/mol. The van der Waals surface area contributed by atoms with Gasteiger partial charge in [0.15, 0.2) is 6.61 Å². The number of carbonyl (C=O) groups is 3. The van der Waals surface area contributed by atoms with Crippen LogP contribution in [0, 0.1) is 11.7 Å².